The minimum atomic E-state index is -0.418. The molecule has 148 valence electrons. The van der Waals surface area contributed by atoms with E-state index in [0.717, 1.165) is 5.56 Å². The van der Waals surface area contributed by atoms with Crippen molar-refractivity contribution in [3.05, 3.63) is 77.6 Å². The van der Waals surface area contributed by atoms with Crippen LogP contribution in [0.1, 0.15) is 47.8 Å². The first-order chi connectivity index (χ1) is 13.0. The number of rotatable bonds is 6. The SMILES string of the molecule is CC(C)c1nc(C(=O)NCC(N)c2ccccc2)nn1-c1cccc(F)c1.Cl. The number of nitrogens with one attached hydrogen (secondary N) is 1. The Bertz CT molecular complexity index is 929. The summed E-state index contributed by atoms with van der Waals surface area (Å²) in [7, 11) is 0. The molecule has 0 fully saturated rings. The van der Waals surface area contributed by atoms with Crippen molar-refractivity contribution in [3.63, 3.8) is 0 Å². The normalized spacial score (nSPS) is 11.8. The largest absolute Gasteiger partial charge is 0.347 e. The number of aromatic nitrogens is 3. The molecule has 0 radical (unpaired) electrons. The molecule has 2 aromatic carbocycles. The lowest BCUT2D eigenvalue weighted by molar-refractivity contribution is 0.0941. The van der Waals surface area contributed by atoms with Crippen LogP contribution in [0.3, 0.4) is 0 Å². The molecule has 3 rings (SSSR count). The van der Waals surface area contributed by atoms with E-state index in [4.69, 9.17) is 5.73 Å². The molecule has 0 aliphatic rings. The summed E-state index contributed by atoms with van der Waals surface area (Å²) < 4.78 is 15.1. The van der Waals surface area contributed by atoms with Crippen molar-refractivity contribution in [2.75, 3.05) is 6.54 Å². The lowest BCUT2D eigenvalue weighted by atomic mass is 10.1. The third-order valence-corrected chi connectivity index (χ3v) is 4.11. The summed E-state index contributed by atoms with van der Waals surface area (Å²) in [6, 6.07) is 15.2. The van der Waals surface area contributed by atoms with Crippen LogP contribution in [0.5, 0.6) is 0 Å². The summed E-state index contributed by atoms with van der Waals surface area (Å²) in [5.41, 5.74) is 7.56. The fourth-order valence-corrected chi connectivity index (χ4v) is 2.69. The molecule has 8 heteroatoms. The predicted octanol–water partition coefficient (Wildman–Crippen LogP) is 3.38. The Hall–Kier alpha value is -2.77. The number of carbonyl (C=O) groups excluding carboxylic acids is 1. The van der Waals surface area contributed by atoms with Crippen molar-refractivity contribution in [2.45, 2.75) is 25.8 Å². The fraction of sp³-hybridized carbons (Fsp3) is 0.250. The van der Waals surface area contributed by atoms with E-state index in [1.807, 2.05) is 44.2 Å². The second-order valence-corrected chi connectivity index (χ2v) is 6.57. The Morgan fingerprint density at radius 1 is 1.18 bits per heavy atom. The molecule has 1 unspecified atom stereocenters. The van der Waals surface area contributed by atoms with Gasteiger partial charge >= 0.3 is 0 Å². The maximum absolute atomic E-state index is 13.6. The van der Waals surface area contributed by atoms with Gasteiger partial charge in [-0.2, -0.15) is 0 Å². The molecule has 1 aromatic heterocycles. The molecule has 6 nitrogen and oxygen atoms in total. The van der Waals surface area contributed by atoms with Crippen molar-refractivity contribution < 1.29 is 9.18 Å². The quantitative estimate of drug-likeness (QED) is 0.660. The van der Waals surface area contributed by atoms with E-state index in [1.54, 1.807) is 12.1 Å². The van der Waals surface area contributed by atoms with Crippen LogP contribution < -0.4 is 11.1 Å². The van der Waals surface area contributed by atoms with Crippen LogP contribution in [0, 0.1) is 5.82 Å². The zero-order chi connectivity index (χ0) is 19.4. The summed E-state index contributed by atoms with van der Waals surface area (Å²) in [4.78, 5) is 16.8. The van der Waals surface area contributed by atoms with Gasteiger partial charge in [0.1, 0.15) is 11.6 Å². The third-order valence-electron chi connectivity index (χ3n) is 4.11. The second kappa shape index (κ2) is 9.43. The average Bonchev–Trinajstić information content (AvgIpc) is 3.12. The van der Waals surface area contributed by atoms with Gasteiger partial charge in [0.2, 0.25) is 5.82 Å². The molecular weight excluding hydrogens is 381 g/mol. The lowest BCUT2D eigenvalue weighted by Crippen LogP contribution is -2.32. The number of hydrogen-bond acceptors (Lipinski definition) is 4. The molecule has 1 amide bonds. The van der Waals surface area contributed by atoms with Crippen LogP contribution in [0.25, 0.3) is 5.69 Å². The van der Waals surface area contributed by atoms with Crippen molar-refractivity contribution in [2.24, 2.45) is 5.73 Å². The van der Waals surface area contributed by atoms with Crippen molar-refractivity contribution in [3.8, 4) is 5.69 Å². The summed E-state index contributed by atoms with van der Waals surface area (Å²) in [6.45, 7) is 4.13. The van der Waals surface area contributed by atoms with Gasteiger partial charge in [-0.3, -0.25) is 4.79 Å². The van der Waals surface area contributed by atoms with Gasteiger partial charge in [0.05, 0.1) is 5.69 Å². The molecule has 0 bridgehead atoms. The highest BCUT2D eigenvalue weighted by molar-refractivity contribution is 5.90. The highest BCUT2D eigenvalue weighted by atomic mass is 35.5. The lowest BCUT2D eigenvalue weighted by Gasteiger charge is -2.12. The van der Waals surface area contributed by atoms with Crippen LogP contribution in [-0.2, 0) is 0 Å². The number of carbonyl (C=O) groups is 1. The molecule has 0 aliphatic heterocycles. The molecule has 3 aromatic rings. The van der Waals surface area contributed by atoms with Crippen LogP contribution in [0.2, 0.25) is 0 Å². The number of nitrogens with two attached hydrogens (primary N) is 1. The van der Waals surface area contributed by atoms with Gasteiger partial charge in [-0.1, -0.05) is 50.2 Å². The first-order valence-corrected chi connectivity index (χ1v) is 8.77. The van der Waals surface area contributed by atoms with Gasteiger partial charge < -0.3 is 11.1 Å². The zero-order valence-electron chi connectivity index (χ0n) is 15.7. The Morgan fingerprint density at radius 3 is 2.54 bits per heavy atom. The number of halogens is 2. The number of nitrogens with zero attached hydrogens (tertiary/aromatic N) is 3. The third kappa shape index (κ3) is 4.94. The molecule has 3 N–H and O–H groups in total. The van der Waals surface area contributed by atoms with E-state index in [2.05, 4.69) is 15.4 Å². The maximum Gasteiger partial charge on any atom is 0.291 e. The number of amides is 1. The smallest absolute Gasteiger partial charge is 0.291 e. The highest BCUT2D eigenvalue weighted by Gasteiger charge is 2.20. The monoisotopic (exact) mass is 403 g/mol. The molecule has 1 heterocycles. The summed E-state index contributed by atoms with van der Waals surface area (Å²) >= 11 is 0. The van der Waals surface area contributed by atoms with E-state index < -0.39 is 5.91 Å². The number of benzene rings is 2. The van der Waals surface area contributed by atoms with Crippen LogP contribution in [-0.4, -0.2) is 27.2 Å². The molecule has 0 saturated carbocycles. The van der Waals surface area contributed by atoms with Crippen LogP contribution >= 0.6 is 12.4 Å². The zero-order valence-corrected chi connectivity index (χ0v) is 16.5. The summed E-state index contributed by atoms with van der Waals surface area (Å²) in [5, 5.41) is 7.04. The van der Waals surface area contributed by atoms with Crippen molar-refractivity contribution in [1.82, 2.24) is 20.1 Å². The molecule has 0 spiro atoms. The minimum Gasteiger partial charge on any atom is -0.347 e. The van der Waals surface area contributed by atoms with Gasteiger partial charge in [0.15, 0.2) is 0 Å². The Balaban J connectivity index is 0.00000280. The van der Waals surface area contributed by atoms with Crippen LogP contribution in [0.15, 0.2) is 54.6 Å². The van der Waals surface area contributed by atoms with Gasteiger partial charge in [-0.05, 0) is 23.8 Å². The number of hydrogen-bond donors (Lipinski definition) is 2. The summed E-state index contributed by atoms with van der Waals surface area (Å²) in [5.74, 6) is -0.175. The second-order valence-electron chi connectivity index (χ2n) is 6.57. The van der Waals surface area contributed by atoms with Gasteiger partial charge in [0.25, 0.3) is 5.91 Å². The first-order valence-electron chi connectivity index (χ1n) is 8.77. The molecule has 0 saturated heterocycles. The minimum absolute atomic E-state index is 0. The van der Waals surface area contributed by atoms with Gasteiger partial charge in [-0.25, -0.2) is 14.1 Å². The maximum atomic E-state index is 13.6. The predicted molar refractivity (Wildman–Crippen MR) is 108 cm³/mol. The van der Waals surface area contributed by atoms with E-state index in [9.17, 15) is 9.18 Å². The first kappa shape index (κ1) is 21.5. The Morgan fingerprint density at radius 2 is 1.89 bits per heavy atom. The van der Waals surface area contributed by atoms with E-state index in [1.165, 1.54) is 16.8 Å². The van der Waals surface area contributed by atoms with Gasteiger partial charge in [0, 0.05) is 18.5 Å². The highest BCUT2D eigenvalue weighted by Crippen LogP contribution is 2.18. The molecule has 1 atom stereocenters. The van der Waals surface area contributed by atoms with Crippen molar-refractivity contribution in [1.29, 1.82) is 0 Å². The van der Waals surface area contributed by atoms with E-state index in [0.29, 0.717) is 11.5 Å². The molecular formula is C20H23ClFN5O. The fourth-order valence-electron chi connectivity index (χ4n) is 2.69. The summed E-state index contributed by atoms with van der Waals surface area (Å²) in [6.07, 6.45) is 0. The van der Waals surface area contributed by atoms with E-state index >= 15 is 0 Å². The van der Waals surface area contributed by atoms with E-state index in [-0.39, 0.29) is 42.6 Å². The standard InChI is InChI=1S/C20H22FN5O.ClH/c1-13(2)19-24-18(25-26(19)16-10-6-9-15(21)11-16)20(27)23-12-17(22)14-7-4-3-5-8-14;/h3-11,13,17H,12,22H2,1-2H3,(H,23,27);1H. The topological polar surface area (TPSA) is 85.8 Å². The Kier molecular flexibility index (Phi) is 7.25. The van der Waals surface area contributed by atoms with Crippen LogP contribution in [0.4, 0.5) is 4.39 Å². The Labute approximate surface area is 169 Å². The molecule has 0 aliphatic carbocycles. The van der Waals surface area contributed by atoms with Crippen molar-refractivity contribution >= 4 is 18.3 Å². The molecule has 28 heavy (non-hydrogen) atoms. The van der Waals surface area contributed by atoms with Gasteiger partial charge in [-0.15, -0.1) is 17.5 Å². The average molecular weight is 404 g/mol.